The van der Waals surface area contributed by atoms with Gasteiger partial charge in [0.1, 0.15) is 5.75 Å². The summed E-state index contributed by atoms with van der Waals surface area (Å²) in [6.45, 7) is 1.91. The smallest absolute Gasteiger partial charge is 0.252 e. The number of methoxy groups -OCH3 is 1. The Morgan fingerprint density at radius 2 is 1.93 bits per heavy atom. The molecule has 0 fully saturated rings. The summed E-state index contributed by atoms with van der Waals surface area (Å²) in [5.74, 6) is 0.566. The van der Waals surface area contributed by atoms with Crippen LogP contribution >= 0.6 is 0 Å². The molecule has 8 nitrogen and oxygen atoms in total. The number of amides is 1. The van der Waals surface area contributed by atoms with Crippen LogP contribution in [0.25, 0.3) is 22.3 Å². The highest BCUT2D eigenvalue weighted by Crippen LogP contribution is 2.26. The number of hydrogen-bond acceptors (Lipinski definition) is 5. The van der Waals surface area contributed by atoms with Crippen molar-refractivity contribution in [1.82, 2.24) is 29.9 Å². The van der Waals surface area contributed by atoms with Crippen LogP contribution in [0.5, 0.6) is 5.75 Å². The van der Waals surface area contributed by atoms with Crippen LogP contribution in [0.4, 0.5) is 0 Å². The van der Waals surface area contributed by atoms with Crippen molar-refractivity contribution in [3.63, 3.8) is 0 Å². The first-order valence-corrected chi connectivity index (χ1v) is 9.24. The van der Waals surface area contributed by atoms with Crippen LogP contribution in [0.3, 0.4) is 0 Å². The first-order valence-electron chi connectivity index (χ1n) is 9.24. The first kappa shape index (κ1) is 18.7. The number of hydrogen-bond donors (Lipinski definition) is 1. The van der Waals surface area contributed by atoms with Gasteiger partial charge in [-0.2, -0.15) is 10.2 Å². The van der Waals surface area contributed by atoms with Crippen LogP contribution in [0.2, 0.25) is 0 Å². The van der Waals surface area contributed by atoms with Gasteiger partial charge < -0.3 is 10.1 Å². The van der Waals surface area contributed by atoms with E-state index < -0.39 is 0 Å². The number of carbonyl (C=O) groups is 1. The molecular formula is C21H22N6O2. The van der Waals surface area contributed by atoms with Crippen molar-refractivity contribution in [3.8, 4) is 17.0 Å². The molecule has 148 valence electrons. The Labute approximate surface area is 168 Å². The molecule has 3 aromatic heterocycles. The van der Waals surface area contributed by atoms with Gasteiger partial charge in [-0.1, -0.05) is 0 Å². The number of ether oxygens (including phenoxy) is 1. The summed E-state index contributed by atoms with van der Waals surface area (Å²) in [6, 6.07) is 11.0. The molecule has 1 aromatic carbocycles. The molecule has 0 saturated heterocycles. The van der Waals surface area contributed by atoms with Crippen molar-refractivity contribution in [3.05, 3.63) is 60.0 Å². The standard InChI is InChI=1S/C21H22N6O2/c1-13(18-9-10-26(2)25-18)23-21(28)16-11-19(14-5-7-15(29-4)8-6-14)24-20-17(16)12-22-27(20)3/h5-13H,1-4H3,(H,23,28)/t13-/m1/s1. The first-order chi connectivity index (χ1) is 14.0. The summed E-state index contributed by atoms with van der Waals surface area (Å²) in [7, 11) is 5.28. The van der Waals surface area contributed by atoms with Gasteiger partial charge in [0.2, 0.25) is 0 Å². The summed E-state index contributed by atoms with van der Waals surface area (Å²) in [5, 5.41) is 12.4. The number of rotatable bonds is 5. The maximum absolute atomic E-state index is 13.1. The third kappa shape index (κ3) is 3.56. The molecule has 0 aliphatic rings. The maximum Gasteiger partial charge on any atom is 0.252 e. The molecule has 3 heterocycles. The molecular weight excluding hydrogens is 368 g/mol. The highest BCUT2D eigenvalue weighted by atomic mass is 16.5. The molecule has 0 aliphatic carbocycles. The van der Waals surface area contributed by atoms with Crippen molar-refractivity contribution in [2.75, 3.05) is 7.11 Å². The maximum atomic E-state index is 13.1. The monoisotopic (exact) mass is 390 g/mol. The number of nitrogens with zero attached hydrogens (tertiary/aromatic N) is 5. The molecule has 0 bridgehead atoms. The summed E-state index contributed by atoms with van der Waals surface area (Å²) < 4.78 is 8.61. The lowest BCUT2D eigenvalue weighted by atomic mass is 10.1. The van der Waals surface area contributed by atoms with Gasteiger partial charge in [-0.25, -0.2) is 4.98 Å². The molecule has 1 atom stereocenters. The zero-order valence-electron chi connectivity index (χ0n) is 16.7. The SMILES string of the molecule is COc1ccc(-c2cc(C(=O)N[C@H](C)c3ccn(C)n3)c3cnn(C)c3n2)cc1. The van der Waals surface area contributed by atoms with Gasteiger partial charge in [0.15, 0.2) is 5.65 Å². The highest BCUT2D eigenvalue weighted by Gasteiger charge is 2.19. The van der Waals surface area contributed by atoms with Gasteiger partial charge >= 0.3 is 0 Å². The minimum Gasteiger partial charge on any atom is -0.497 e. The zero-order chi connectivity index (χ0) is 20.5. The van der Waals surface area contributed by atoms with Gasteiger partial charge in [-0.15, -0.1) is 0 Å². The molecule has 0 aliphatic heterocycles. The number of carbonyl (C=O) groups excluding carboxylic acids is 1. The Morgan fingerprint density at radius 1 is 1.17 bits per heavy atom. The van der Waals surface area contributed by atoms with Gasteiger partial charge in [0.25, 0.3) is 5.91 Å². The van der Waals surface area contributed by atoms with Gasteiger partial charge in [0.05, 0.1) is 41.7 Å². The molecule has 1 amide bonds. The fourth-order valence-corrected chi connectivity index (χ4v) is 3.22. The highest BCUT2D eigenvalue weighted by molar-refractivity contribution is 6.06. The van der Waals surface area contributed by atoms with E-state index in [0.29, 0.717) is 22.3 Å². The third-order valence-electron chi connectivity index (χ3n) is 4.86. The molecule has 4 aromatic rings. The largest absolute Gasteiger partial charge is 0.497 e. The van der Waals surface area contributed by atoms with Crippen molar-refractivity contribution in [1.29, 1.82) is 0 Å². The lowest BCUT2D eigenvalue weighted by Gasteiger charge is -2.13. The van der Waals surface area contributed by atoms with Crippen molar-refractivity contribution >= 4 is 16.9 Å². The molecule has 29 heavy (non-hydrogen) atoms. The Bertz CT molecular complexity index is 1180. The minimum absolute atomic E-state index is 0.196. The topological polar surface area (TPSA) is 86.9 Å². The molecule has 4 rings (SSSR count). The second-order valence-electron chi connectivity index (χ2n) is 6.90. The molecule has 0 radical (unpaired) electrons. The summed E-state index contributed by atoms with van der Waals surface area (Å²) in [5.41, 5.74) is 3.55. The number of aryl methyl sites for hydroxylation is 2. The minimum atomic E-state index is -0.229. The lowest BCUT2D eigenvalue weighted by molar-refractivity contribution is 0.0940. The molecule has 8 heteroatoms. The quantitative estimate of drug-likeness (QED) is 0.566. The van der Waals surface area contributed by atoms with E-state index in [0.717, 1.165) is 17.0 Å². The fraction of sp³-hybridized carbons (Fsp3) is 0.238. The lowest BCUT2D eigenvalue weighted by Crippen LogP contribution is -2.27. The number of fused-ring (bicyclic) bond motifs is 1. The van der Waals surface area contributed by atoms with E-state index in [9.17, 15) is 4.79 Å². The van der Waals surface area contributed by atoms with Crippen LogP contribution in [-0.2, 0) is 14.1 Å². The number of benzene rings is 1. The Hall–Kier alpha value is -3.68. The Morgan fingerprint density at radius 3 is 2.59 bits per heavy atom. The Kier molecular flexibility index (Phi) is 4.75. The average molecular weight is 390 g/mol. The van der Waals surface area contributed by atoms with Crippen LogP contribution in [0, 0.1) is 0 Å². The van der Waals surface area contributed by atoms with E-state index in [1.165, 1.54) is 0 Å². The van der Waals surface area contributed by atoms with E-state index >= 15 is 0 Å². The Balaban J connectivity index is 1.73. The van der Waals surface area contributed by atoms with Crippen molar-refractivity contribution < 1.29 is 9.53 Å². The van der Waals surface area contributed by atoms with E-state index in [1.807, 2.05) is 57.5 Å². The van der Waals surface area contributed by atoms with E-state index in [1.54, 1.807) is 28.7 Å². The number of nitrogens with one attached hydrogen (secondary N) is 1. The summed E-state index contributed by atoms with van der Waals surface area (Å²) in [4.78, 5) is 17.8. The normalized spacial score (nSPS) is 12.1. The predicted octanol–water partition coefficient (Wildman–Crippen LogP) is 2.87. The van der Waals surface area contributed by atoms with Crippen LogP contribution in [0.1, 0.15) is 29.0 Å². The fourth-order valence-electron chi connectivity index (χ4n) is 3.22. The van der Waals surface area contributed by atoms with E-state index in [4.69, 9.17) is 9.72 Å². The molecule has 0 saturated carbocycles. The molecule has 1 N–H and O–H groups in total. The number of pyridine rings is 1. The van der Waals surface area contributed by atoms with Crippen molar-refractivity contribution in [2.24, 2.45) is 14.1 Å². The van der Waals surface area contributed by atoms with Gasteiger partial charge in [-0.3, -0.25) is 14.2 Å². The zero-order valence-corrected chi connectivity index (χ0v) is 16.7. The molecule has 0 unspecified atom stereocenters. The second-order valence-corrected chi connectivity index (χ2v) is 6.90. The summed E-state index contributed by atoms with van der Waals surface area (Å²) >= 11 is 0. The average Bonchev–Trinajstić information content (AvgIpc) is 3.33. The van der Waals surface area contributed by atoms with Crippen molar-refractivity contribution in [2.45, 2.75) is 13.0 Å². The van der Waals surface area contributed by atoms with Crippen LogP contribution < -0.4 is 10.1 Å². The van der Waals surface area contributed by atoms with Gasteiger partial charge in [-0.05, 0) is 43.3 Å². The van der Waals surface area contributed by atoms with Crippen LogP contribution in [-0.4, -0.2) is 37.6 Å². The van der Waals surface area contributed by atoms with E-state index in [-0.39, 0.29) is 11.9 Å². The molecule has 0 spiro atoms. The predicted molar refractivity (Wildman–Crippen MR) is 110 cm³/mol. The van der Waals surface area contributed by atoms with Crippen LogP contribution in [0.15, 0.2) is 48.8 Å². The number of aromatic nitrogens is 5. The third-order valence-corrected chi connectivity index (χ3v) is 4.86. The second kappa shape index (κ2) is 7.38. The van der Waals surface area contributed by atoms with Gasteiger partial charge in [0, 0.05) is 25.9 Å². The van der Waals surface area contributed by atoms with E-state index in [2.05, 4.69) is 15.5 Å². The summed E-state index contributed by atoms with van der Waals surface area (Å²) in [6.07, 6.45) is 3.52.